The first-order valence-corrected chi connectivity index (χ1v) is 12.6. The predicted octanol–water partition coefficient (Wildman–Crippen LogP) is 4.46. The number of carbonyl (C=O) groups is 1. The molecule has 35 heavy (non-hydrogen) atoms. The maximum Gasteiger partial charge on any atom is 0.272 e. The number of amides is 1. The van der Waals surface area contributed by atoms with Crippen molar-refractivity contribution >= 4 is 33.7 Å². The number of fused-ring (bicyclic) bond motifs is 2. The van der Waals surface area contributed by atoms with Crippen molar-refractivity contribution in [3.63, 3.8) is 0 Å². The van der Waals surface area contributed by atoms with Crippen molar-refractivity contribution in [2.45, 2.75) is 44.6 Å². The molecular weight excluding hydrogens is 460 g/mol. The van der Waals surface area contributed by atoms with Crippen LogP contribution in [0.25, 0.3) is 26.9 Å². The van der Waals surface area contributed by atoms with Crippen molar-refractivity contribution < 1.29 is 4.79 Å². The zero-order valence-electron chi connectivity index (χ0n) is 19.2. The molecule has 1 aliphatic carbocycles. The summed E-state index contributed by atoms with van der Waals surface area (Å²) in [6.07, 6.45) is 8.91. The molecule has 4 heterocycles. The fourth-order valence-electron chi connectivity index (χ4n) is 5.01. The van der Waals surface area contributed by atoms with E-state index in [1.54, 1.807) is 17.5 Å². The molecule has 0 saturated heterocycles. The van der Waals surface area contributed by atoms with Crippen molar-refractivity contribution in [1.82, 2.24) is 29.9 Å². The highest BCUT2D eigenvalue weighted by Crippen LogP contribution is 2.34. The molecule has 1 fully saturated rings. The van der Waals surface area contributed by atoms with Gasteiger partial charge in [-0.1, -0.05) is 18.2 Å². The lowest BCUT2D eigenvalue weighted by molar-refractivity contribution is 0.0919. The van der Waals surface area contributed by atoms with E-state index in [2.05, 4.69) is 25.5 Å². The fourth-order valence-corrected chi connectivity index (χ4v) is 5.79. The Balaban J connectivity index is 1.15. The highest BCUT2D eigenvalue weighted by atomic mass is 32.1. The summed E-state index contributed by atoms with van der Waals surface area (Å²) < 4.78 is 1.83. The number of nitrogens with one attached hydrogen (secondary N) is 2. The van der Waals surface area contributed by atoms with E-state index in [0.717, 1.165) is 57.9 Å². The topological polar surface area (TPSA) is 105 Å². The number of aryl methyl sites for hydroxylation is 1. The molecule has 0 atom stereocenters. The number of H-pyrrole nitrogens is 1. The van der Waals surface area contributed by atoms with Crippen LogP contribution in [-0.2, 0) is 0 Å². The Morgan fingerprint density at radius 3 is 2.66 bits per heavy atom. The molecule has 0 aliphatic heterocycles. The van der Waals surface area contributed by atoms with E-state index in [1.807, 2.05) is 60.1 Å². The van der Waals surface area contributed by atoms with Crippen LogP contribution in [0.5, 0.6) is 0 Å². The molecule has 4 aromatic heterocycles. The van der Waals surface area contributed by atoms with Crippen molar-refractivity contribution in [1.29, 1.82) is 0 Å². The Morgan fingerprint density at radius 2 is 1.89 bits per heavy atom. The van der Waals surface area contributed by atoms with E-state index in [-0.39, 0.29) is 23.4 Å². The minimum absolute atomic E-state index is 0.0952. The van der Waals surface area contributed by atoms with Gasteiger partial charge in [0, 0.05) is 29.7 Å². The van der Waals surface area contributed by atoms with E-state index >= 15 is 0 Å². The summed E-state index contributed by atoms with van der Waals surface area (Å²) in [4.78, 5) is 35.1. The van der Waals surface area contributed by atoms with Crippen LogP contribution in [0.15, 0.2) is 59.8 Å². The summed E-state index contributed by atoms with van der Waals surface area (Å²) in [6, 6.07) is 11.7. The first-order chi connectivity index (χ1) is 17.1. The lowest BCUT2D eigenvalue weighted by Crippen LogP contribution is -2.38. The highest BCUT2D eigenvalue weighted by Gasteiger charge is 2.27. The quantitative estimate of drug-likeness (QED) is 0.392. The Bertz CT molecular complexity index is 1610. The van der Waals surface area contributed by atoms with Gasteiger partial charge < -0.3 is 5.32 Å². The van der Waals surface area contributed by atoms with Crippen LogP contribution in [0, 0.1) is 6.92 Å². The van der Waals surface area contributed by atoms with Crippen molar-refractivity contribution in [2.24, 2.45) is 0 Å². The third-order valence-corrected chi connectivity index (χ3v) is 7.79. The molecule has 0 radical (unpaired) electrons. The van der Waals surface area contributed by atoms with Gasteiger partial charge in [-0.25, -0.2) is 15.1 Å². The molecule has 2 N–H and O–H groups in total. The number of pyridine rings is 1. The van der Waals surface area contributed by atoms with Gasteiger partial charge in [-0.15, -0.1) is 11.3 Å². The highest BCUT2D eigenvalue weighted by molar-refractivity contribution is 7.15. The zero-order valence-corrected chi connectivity index (χ0v) is 20.0. The van der Waals surface area contributed by atoms with Crippen LogP contribution in [0.1, 0.15) is 52.8 Å². The Morgan fingerprint density at radius 1 is 1.09 bits per heavy atom. The number of imidazole rings is 1. The third-order valence-electron chi connectivity index (χ3n) is 6.83. The molecule has 5 aromatic rings. The standard InChI is InChI=1S/C26H24N6O2S/c1-15-27-14-22(35-15)17-10-11-32-21(13-28-23(32)12-17)26(34)29-18-8-6-16(7-9-18)24-19-4-2-3-5-20(19)25(33)31-30-24/h2-5,10-14,16,18H,6-9H2,1H3,(H,29,34)(H,31,33). The molecular formula is C26H24N6O2S. The predicted molar refractivity (Wildman–Crippen MR) is 136 cm³/mol. The molecule has 1 saturated carbocycles. The molecule has 1 aliphatic rings. The maximum absolute atomic E-state index is 13.1. The monoisotopic (exact) mass is 484 g/mol. The summed E-state index contributed by atoms with van der Waals surface area (Å²) >= 11 is 1.64. The fraction of sp³-hybridized carbons (Fsp3) is 0.269. The number of hydrogen-bond donors (Lipinski definition) is 2. The molecule has 6 rings (SSSR count). The van der Waals surface area contributed by atoms with Crippen LogP contribution in [0.2, 0.25) is 0 Å². The van der Waals surface area contributed by atoms with Gasteiger partial charge in [-0.2, -0.15) is 5.10 Å². The SMILES string of the molecule is Cc1ncc(-c2ccn3c(C(=O)NC4CCC(c5n[nH]c(=O)c6ccccc56)CC4)cnc3c2)s1. The number of nitrogens with zero attached hydrogens (tertiary/aromatic N) is 4. The Kier molecular flexibility index (Phi) is 5.41. The number of aromatic amines is 1. The maximum atomic E-state index is 13.1. The minimum Gasteiger partial charge on any atom is -0.348 e. The average Bonchev–Trinajstić information content (AvgIpc) is 3.51. The second-order valence-corrected chi connectivity index (χ2v) is 10.3. The van der Waals surface area contributed by atoms with Gasteiger partial charge in [-0.3, -0.25) is 14.0 Å². The van der Waals surface area contributed by atoms with Gasteiger partial charge in [0.05, 0.1) is 27.2 Å². The van der Waals surface area contributed by atoms with Crippen LogP contribution >= 0.6 is 11.3 Å². The van der Waals surface area contributed by atoms with Crippen LogP contribution in [0.3, 0.4) is 0 Å². The Labute approximate surface area is 205 Å². The molecule has 1 amide bonds. The van der Waals surface area contributed by atoms with E-state index in [4.69, 9.17) is 0 Å². The third kappa shape index (κ3) is 4.01. The molecule has 0 unspecified atom stereocenters. The van der Waals surface area contributed by atoms with Crippen LogP contribution in [-0.4, -0.2) is 36.5 Å². The molecule has 176 valence electrons. The average molecular weight is 485 g/mol. The summed E-state index contributed by atoms with van der Waals surface area (Å²) in [5.74, 6) is 0.143. The van der Waals surface area contributed by atoms with Gasteiger partial charge in [0.2, 0.25) is 0 Å². The van der Waals surface area contributed by atoms with Crippen molar-refractivity contribution in [3.8, 4) is 10.4 Å². The minimum atomic E-state index is -0.160. The molecule has 0 bridgehead atoms. The van der Waals surface area contributed by atoms with Crippen LogP contribution in [0.4, 0.5) is 0 Å². The first kappa shape index (κ1) is 21.7. The van der Waals surface area contributed by atoms with Gasteiger partial charge in [0.1, 0.15) is 11.3 Å². The van der Waals surface area contributed by atoms with Gasteiger partial charge in [0.25, 0.3) is 11.5 Å². The van der Waals surface area contributed by atoms with Crippen molar-refractivity contribution in [3.05, 3.63) is 81.7 Å². The zero-order chi connectivity index (χ0) is 23.9. The number of benzene rings is 1. The van der Waals surface area contributed by atoms with Gasteiger partial charge in [0.15, 0.2) is 0 Å². The number of rotatable bonds is 4. The molecule has 0 spiro atoms. The molecule has 8 nitrogen and oxygen atoms in total. The second-order valence-electron chi connectivity index (χ2n) is 9.04. The van der Waals surface area contributed by atoms with Gasteiger partial charge >= 0.3 is 0 Å². The summed E-state index contributed by atoms with van der Waals surface area (Å²) in [6.45, 7) is 1.98. The van der Waals surface area contributed by atoms with Crippen LogP contribution < -0.4 is 10.9 Å². The number of carbonyl (C=O) groups excluding carboxylic acids is 1. The molecule has 1 aromatic carbocycles. The van der Waals surface area contributed by atoms with Gasteiger partial charge in [-0.05, 0) is 56.4 Å². The van der Waals surface area contributed by atoms with Crippen molar-refractivity contribution in [2.75, 3.05) is 0 Å². The van der Waals surface area contributed by atoms with E-state index in [1.165, 1.54) is 0 Å². The number of thiazole rings is 1. The number of hydrogen-bond acceptors (Lipinski definition) is 6. The lowest BCUT2D eigenvalue weighted by Gasteiger charge is -2.29. The second kappa shape index (κ2) is 8.74. The largest absolute Gasteiger partial charge is 0.348 e. The smallest absolute Gasteiger partial charge is 0.272 e. The summed E-state index contributed by atoms with van der Waals surface area (Å²) in [7, 11) is 0. The van der Waals surface area contributed by atoms with E-state index in [0.29, 0.717) is 11.1 Å². The molecule has 9 heteroatoms. The van der Waals surface area contributed by atoms with E-state index < -0.39 is 0 Å². The normalized spacial score (nSPS) is 18.2. The first-order valence-electron chi connectivity index (χ1n) is 11.7. The summed E-state index contributed by atoms with van der Waals surface area (Å²) in [5.41, 5.74) is 3.09. The Hall–Kier alpha value is -3.85. The summed E-state index contributed by atoms with van der Waals surface area (Å²) in [5, 5.41) is 12.8. The van der Waals surface area contributed by atoms with E-state index in [9.17, 15) is 9.59 Å². The lowest BCUT2D eigenvalue weighted by atomic mass is 9.82. The number of aromatic nitrogens is 5.